The van der Waals surface area contributed by atoms with E-state index in [2.05, 4.69) is 20.6 Å². The van der Waals surface area contributed by atoms with Gasteiger partial charge in [0.15, 0.2) is 5.78 Å². The number of carbonyl (C=O) groups excluding carboxylic acids is 2. The van der Waals surface area contributed by atoms with Crippen LogP contribution in [0.5, 0.6) is 0 Å². The molecular weight excluding hydrogens is 376 g/mol. The van der Waals surface area contributed by atoms with Gasteiger partial charge in [0.05, 0.1) is 0 Å². The fourth-order valence-corrected chi connectivity index (χ4v) is 2.67. The monoisotopic (exact) mass is 394 g/mol. The summed E-state index contributed by atoms with van der Waals surface area (Å²) in [6.07, 6.45) is 2.03. The maximum Gasteiger partial charge on any atom is 0.270 e. The summed E-state index contributed by atoms with van der Waals surface area (Å²) in [6.45, 7) is 2.00. The Morgan fingerprint density at radius 1 is 1.00 bits per heavy atom. The highest BCUT2D eigenvalue weighted by atomic mass is 35.5. The van der Waals surface area contributed by atoms with E-state index in [9.17, 15) is 9.59 Å². The standard InChI is InChI=1S/C21H19ClN4O2/c1-14(27)16-4-8-18(9-5-16)26-20-12-19(24-13-25-20)21(28)23-11-10-15-2-6-17(22)7-3-15/h2-9,12-13H,10-11H2,1H3,(H,23,28)(H,24,25,26). The van der Waals surface area contributed by atoms with Gasteiger partial charge in [-0.25, -0.2) is 9.97 Å². The van der Waals surface area contributed by atoms with E-state index < -0.39 is 0 Å². The van der Waals surface area contributed by atoms with Crippen molar-refractivity contribution in [2.24, 2.45) is 0 Å². The van der Waals surface area contributed by atoms with Crippen LogP contribution in [0.3, 0.4) is 0 Å². The first-order chi connectivity index (χ1) is 13.5. The molecule has 1 aromatic heterocycles. The first kappa shape index (κ1) is 19.5. The molecule has 0 unspecified atom stereocenters. The van der Waals surface area contributed by atoms with E-state index in [0.717, 1.165) is 11.3 Å². The van der Waals surface area contributed by atoms with Crippen molar-refractivity contribution in [1.82, 2.24) is 15.3 Å². The Bertz CT molecular complexity index is 972. The number of Topliss-reactive ketones (excluding diaryl/α,β-unsaturated/α-hetero) is 1. The van der Waals surface area contributed by atoms with Crippen LogP contribution < -0.4 is 10.6 Å². The minimum absolute atomic E-state index is 0.00569. The normalized spacial score (nSPS) is 10.4. The fourth-order valence-electron chi connectivity index (χ4n) is 2.55. The Morgan fingerprint density at radius 3 is 2.39 bits per heavy atom. The number of benzene rings is 2. The SMILES string of the molecule is CC(=O)c1ccc(Nc2cc(C(=O)NCCc3ccc(Cl)cc3)ncn2)cc1. The molecule has 3 aromatic rings. The van der Waals surface area contributed by atoms with Gasteiger partial charge in [-0.15, -0.1) is 0 Å². The Balaban J connectivity index is 1.58. The molecule has 2 aromatic carbocycles. The number of halogens is 1. The lowest BCUT2D eigenvalue weighted by molar-refractivity contribution is 0.0948. The van der Waals surface area contributed by atoms with Crippen LogP contribution in [0, 0.1) is 0 Å². The number of ketones is 1. The lowest BCUT2D eigenvalue weighted by Gasteiger charge is -2.08. The average Bonchev–Trinajstić information content (AvgIpc) is 2.70. The van der Waals surface area contributed by atoms with Crippen molar-refractivity contribution < 1.29 is 9.59 Å². The molecular formula is C21H19ClN4O2. The quantitative estimate of drug-likeness (QED) is 0.590. The molecule has 0 atom stereocenters. The molecule has 6 nitrogen and oxygen atoms in total. The molecule has 1 amide bonds. The molecule has 0 saturated heterocycles. The molecule has 0 aliphatic rings. The zero-order valence-corrected chi connectivity index (χ0v) is 16.0. The Labute approximate surface area is 168 Å². The summed E-state index contributed by atoms with van der Waals surface area (Å²) in [5, 5.41) is 6.63. The number of carbonyl (C=O) groups is 2. The third kappa shape index (κ3) is 5.37. The maximum absolute atomic E-state index is 12.3. The lowest BCUT2D eigenvalue weighted by Crippen LogP contribution is -2.26. The highest BCUT2D eigenvalue weighted by Gasteiger charge is 2.09. The molecule has 0 aliphatic heterocycles. The van der Waals surface area contributed by atoms with E-state index >= 15 is 0 Å². The van der Waals surface area contributed by atoms with E-state index in [0.29, 0.717) is 29.4 Å². The van der Waals surface area contributed by atoms with E-state index in [1.807, 2.05) is 24.3 Å². The fraction of sp³-hybridized carbons (Fsp3) is 0.143. The molecule has 0 fully saturated rings. The van der Waals surface area contributed by atoms with Crippen molar-refractivity contribution in [2.75, 3.05) is 11.9 Å². The van der Waals surface area contributed by atoms with Crippen LogP contribution in [-0.4, -0.2) is 28.2 Å². The third-order valence-electron chi connectivity index (χ3n) is 4.08. The van der Waals surface area contributed by atoms with Crippen LogP contribution in [0.2, 0.25) is 5.02 Å². The minimum atomic E-state index is -0.272. The smallest absolute Gasteiger partial charge is 0.270 e. The predicted molar refractivity (Wildman–Crippen MR) is 109 cm³/mol. The highest BCUT2D eigenvalue weighted by molar-refractivity contribution is 6.30. The predicted octanol–water partition coefficient (Wildman–Crippen LogP) is 4.05. The van der Waals surface area contributed by atoms with Gasteiger partial charge < -0.3 is 10.6 Å². The van der Waals surface area contributed by atoms with Crippen LogP contribution >= 0.6 is 11.6 Å². The Kier molecular flexibility index (Phi) is 6.34. The van der Waals surface area contributed by atoms with E-state index in [4.69, 9.17) is 11.6 Å². The number of amides is 1. The minimum Gasteiger partial charge on any atom is -0.350 e. The number of hydrogen-bond acceptors (Lipinski definition) is 5. The molecule has 0 spiro atoms. The number of rotatable bonds is 7. The van der Waals surface area contributed by atoms with Gasteiger partial charge in [-0.1, -0.05) is 23.7 Å². The van der Waals surface area contributed by atoms with Crippen LogP contribution in [0.1, 0.15) is 33.3 Å². The molecule has 3 rings (SSSR count). The summed E-state index contributed by atoms with van der Waals surface area (Å²) >= 11 is 5.87. The summed E-state index contributed by atoms with van der Waals surface area (Å²) in [7, 11) is 0. The first-order valence-corrected chi connectivity index (χ1v) is 9.12. The van der Waals surface area contributed by atoms with Gasteiger partial charge in [0.25, 0.3) is 5.91 Å². The molecule has 0 radical (unpaired) electrons. The second kappa shape index (κ2) is 9.10. The summed E-state index contributed by atoms with van der Waals surface area (Å²) in [5.74, 6) is 0.228. The molecule has 0 aliphatic carbocycles. The first-order valence-electron chi connectivity index (χ1n) is 8.74. The van der Waals surface area contributed by atoms with Crippen molar-refractivity contribution in [2.45, 2.75) is 13.3 Å². The summed E-state index contributed by atoms with van der Waals surface area (Å²) in [6, 6.07) is 16.1. The topological polar surface area (TPSA) is 84.0 Å². The van der Waals surface area contributed by atoms with Crippen molar-refractivity contribution in [3.8, 4) is 0 Å². The number of aromatic nitrogens is 2. The van der Waals surface area contributed by atoms with Crippen LogP contribution in [0.25, 0.3) is 0 Å². The largest absolute Gasteiger partial charge is 0.350 e. The van der Waals surface area contributed by atoms with Crippen molar-refractivity contribution >= 4 is 34.8 Å². The summed E-state index contributed by atoms with van der Waals surface area (Å²) in [4.78, 5) is 31.8. The summed E-state index contributed by atoms with van der Waals surface area (Å²) in [5.41, 5.74) is 2.75. The zero-order valence-electron chi connectivity index (χ0n) is 15.3. The zero-order chi connectivity index (χ0) is 19.9. The van der Waals surface area contributed by atoms with Gasteiger partial charge in [0.1, 0.15) is 17.8 Å². The lowest BCUT2D eigenvalue weighted by atomic mass is 10.1. The molecule has 0 bridgehead atoms. The van der Waals surface area contributed by atoms with Gasteiger partial charge in [-0.05, 0) is 55.3 Å². The number of hydrogen-bond donors (Lipinski definition) is 2. The Morgan fingerprint density at radius 2 is 1.71 bits per heavy atom. The molecule has 142 valence electrons. The third-order valence-corrected chi connectivity index (χ3v) is 4.33. The van der Waals surface area contributed by atoms with Gasteiger partial charge in [0, 0.05) is 28.9 Å². The van der Waals surface area contributed by atoms with Gasteiger partial charge in [-0.3, -0.25) is 9.59 Å². The van der Waals surface area contributed by atoms with Crippen molar-refractivity contribution in [3.05, 3.63) is 82.8 Å². The van der Waals surface area contributed by atoms with Gasteiger partial charge in [0.2, 0.25) is 0 Å². The molecule has 28 heavy (non-hydrogen) atoms. The summed E-state index contributed by atoms with van der Waals surface area (Å²) < 4.78 is 0. The van der Waals surface area contributed by atoms with E-state index in [1.54, 1.807) is 30.3 Å². The van der Waals surface area contributed by atoms with Gasteiger partial charge in [-0.2, -0.15) is 0 Å². The van der Waals surface area contributed by atoms with Gasteiger partial charge >= 0.3 is 0 Å². The van der Waals surface area contributed by atoms with Crippen molar-refractivity contribution in [1.29, 1.82) is 0 Å². The molecule has 2 N–H and O–H groups in total. The van der Waals surface area contributed by atoms with Crippen molar-refractivity contribution in [3.63, 3.8) is 0 Å². The maximum atomic E-state index is 12.3. The number of anilines is 2. The van der Waals surface area contributed by atoms with Crippen LogP contribution in [0.15, 0.2) is 60.9 Å². The van der Waals surface area contributed by atoms with Crippen LogP contribution in [-0.2, 0) is 6.42 Å². The second-order valence-corrected chi connectivity index (χ2v) is 6.62. The van der Waals surface area contributed by atoms with Crippen LogP contribution in [0.4, 0.5) is 11.5 Å². The number of nitrogens with one attached hydrogen (secondary N) is 2. The highest BCUT2D eigenvalue weighted by Crippen LogP contribution is 2.16. The van der Waals surface area contributed by atoms with E-state index in [-0.39, 0.29) is 17.4 Å². The molecule has 1 heterocycles. The Hall–Kier alpha value is -3.25. The number of nitrogens with zero attached hydrogens (tertiary/aromatic N) is 2. The van der Waals surface area contributed by atoms with E-state index in [1.165, 1.54) is 13.3 Å². The second-order valence-electron chi connectivity index (χ2n) is 6.18. The molecule has 7 heteroatoms. The average molecular weight is 395 g/mol. The molecule has 0 saturated carbocycles.